The first kappa shape index (κ1) is 17.9. The molecule has 0 unspecified atom stereocenters. The summed E-state index contributed by atoms with van der Waals surface area (Å²) in [7, 11) is -2.42. The van der Waals surface area contributed by atoms with Gasteiger partial charge in [-0.1, -0.05) is 30.3 Å². The number of carbonyl (C=O) groups is 1. The highest BCUT2D eigenvalue weighted by Gasteiger charge is 2.29. The Morgan fingerprint density at radius 2 is 1.79 bits per heavy atom. The van der Waals surface area contributed by atoms with Crippen molar-refractivity contribution in [1.82, 2.24) is 0 Å². The summed E-state index contributed by atoms with van der Waals surface area (Å²) in [6.45, 7) is 1.28. The molecule has 7 heteroatoms. The lowest BCUT2D eigenvalue weighted by atomic mass is 10.2. The van der Waals surface area contributed by atoms with E-state index in [1.54, 1.807) is 30.3 Å². The lowest BCUT2D eigenvalue weighted by molar-refractivity contribution is -0.115. The zero-order valence-electron chi connectivity index (χ0n) is 13.3. The number of rotatable bonds is 6. The summed E-state index contributed by atoms with van der Waals surface area (Å²) in [6, 6.07) is 12.3. The highest BCUT2D eigenvalue weighted by Crippen LogP contribution is 2.24. The Labute approximate surface area is 140 Å². The number of sulfone groups is 1. The fraction of sp³-hybridized carbons (Fsp3) is 0.235. The van der Waals surface area contributed by atoms with Crippen LogP contribution in [-0.4, -0.2) is 26.7 Å². The van der Waals surface area contributed by atoms with Gasteiger partial charge in [-0.3, -0.25) is 4.79 Å². The van der Waals surface area contributed by atoms with Gasteiger partial charge in [0.15, 0.2) is 9.84 Å². The molecule has 0 saturated carbocycles. The summed E-state index contributed by atoms with van der Waals surface area (Å²) in [6.07, 6.45) is 0. The second kappa shape index (κ2) is 7.44. The molecule has 0 aromatic heterocycles. The molecule has 2 rings (SSSR count). The van der Waals surface area contributed by atoms with Gasteiger partial charge in [0.25, 0.3) is 0 Å². The number of para-hydroxylation sites is 2. The maximum Gasteiger partial charge on any atom is 0.242 e. The summed E-state index contributed by atoms with van der Waals surface area (Å²) < 4.78 is 43.5. The first-order valence-electron chi connectivity index (χ1n) is 7.24. The third kappa shape index (κ3) is 4.11. The van der Waals surface area contributed by atoms with Crippen molar-refractivity contribution >= 4 is 21.4 Å². The van der Waals surface area contributed by atoms with Gasteiger partial charge in [0.1, 0.15) is 16.8 Å². The Bertz CT molecular complexity index is 836. The maximum absolute atomic E-state index is 13.6. The number of ether oxygens (including phenoxy) is 1. The van der Waals surface area contributed by atoms with Crippen molar-refractivity contribution in [2.75, 3.05) is 12.4 Å². The van der Waals surface area contributed by atoms with Crippen molar-refractivity contribution in [3.05, 3.63) is 59.9 Å². The van der Waals surface area contributed by atoms with Crippen LogP contribution in [0.2, 0.25) is 0 Å². The van der Waals surface area contributed by atoms with Gasteiger partial charge in [-0.15, -0.1) is 0 Å². The predicted molar refractivity (Wildman–Crippen MR) is 90.1 cm³/mol. The van der Waals surface area contributed by atoms with Crippen molar-refractivity contribution in [3.63, 3.8) is 0 Å². The standard InChI is InChI=1S/C17H18FNO4S/c1-12(17(20)19-15-9-5-6-10-16(15)23-2)24(21,22)11-13-7-3-4-8-14(13)18/h3-10,12H,11H2,1-2H3,(H,19,20)/t12-/m0/s1. The van der Waals surface area contributed by atoms with Crippen molar-refractivity contribution in [2.24, 2.45) is 0 Å². The largest absolute Gasteiger partial charge is 0.495 e. The molecule has 0 radical (unpaired) electrons. The van der Waals surface area contributed by atoms with Crippen LogP contribution in [0.4, 0.5) is 10.1 Å². The topological polar surface area (TPSA) is 72.5 Å². The molecule has 0 aliphatic rings. The van der Waals surface area contributed by atoms with Gasteiger partial charge < -0.3 is 10.1 Å². The Morgan fingerprint density at radius 3 is 2.46 bits per heavy atom. The number of halogens is 1. The van der Waals surface area contributed by atoms with Crippen LogP contribution in [0.15, 0.2) is 48.5 Å². The number of benzene rings is 2. The summed E-state index contributed by atoms with van der Waals surface area (Å²) in [5.74, 6) is -1.43. The van der Waals surface area contributed by atoms with E-state index in [0.717, 1.165) is 0 Å². The van der Waals surface area contributed by atoms with Crippen LogP contribution in [-0.2, 0) is 20.4 Å². The van der Waals surface area contributed by atoms with Crippen LogP contribution >= 0.6 is 0 Å². The van der Waals surface area contributed by atoms with E-state index in [1.165, 1.54) is 32.2 Å². The quantitative estimate of drug-likeness (QED) is 0.869. The summed E-state index contributed by atoms with van der Waals surface area (Å²) in [4.78, 5) is 12.3. The first-order chi connectivity index (χ1) is 11.3. The number of methoxy groups -OCH3 is 1. The van der Waals surface area contributed by atoms with E-state index >= 15 is 0 Å². The van der Waals surface area contributed by atoms with Gasteiger partial charge in [-0.25, -0.2) is 12.8 Å². The summed E-state index contributed by atoms with van der Waals surface area (Å²) in [5.41, 5.74) is 0.410. The third-order valence-electron chi connectivity index (χ3n) is 3.59. The Morgan fingerprint density at radius 1 is 1.17 bits per heavy atom. The molecular weight excluding hydrogens is 333 g/mol. The maximum atomic E-state index is 13.6. The lowest BCUT2D eigenvalue weighted by Gasteiger charge is -2.15. The zero-order chi connectivity index (χ0) is 17.7. The van der Waals surface area contributed by atoms with Crippen molar-refractivity contribution in [3.8, 4) is 5.75 Å². The fourth-order valence-corrected chi connectivity index (χ4v) is 3.41. The minimum Gasteiger partial charge on any atom is -0.495 e. The summed E-state index contributed by atoms with van der Waals surface area (Å²) in [5, 5.41) is 1.20. The molecule has 0 saturated heterocycles. The van der Waals surface area contributed by atoms with Crippen LogP contribution in [0, 0.1) is 5.82 Å². The normalized spacial score (nSPS) is 12.5. The van der Waals surface area contributed by atoms with Crippen LogP contribution in [0.3, 0.4) is 0 Å². The molecule has 0 spiro atoms. The number of hydrogen-bond donors (Lipinski definition) is 1. The molecule has 1 amide bonds. The van der Waals surface area contributed by atoms with Gasteiger partial charge >= 0.3 is 0 Å². The van der Waals surface area contributed by atoms with E-state index in [9.17, 15) is 17.6 Å². The average Bonchev–Trinajstić information content (AvgIpc) is 2.56. The van der Waals surface area contributed by atoms with Gasteiger partial charge in [0.2, 0.25) is 5.91 Å². The third-order valence-corrected chi connectivity index (χ3v) is 5.59. The molecular formula is C17H18FNO4S. The fourth-order valence-electron chi connectivity index (χ4n) is 2.10. The minimum atomic E-state index is -3.87. The molecule has 0 aliphatic carbocycles. The van der Waals surface area contributed by atoms with E-state index in [4.69, 9.17) is 4.74 Å². The molecule has 128 valence electrons. The average molecular weight is 351 g/mol. The minimum absolute atomic E-state index is 0.0365. The second-order valence-corrected chi connectivity index (χ2v) is 7.55. The van der Waals surface area contributed by atoms with Crippen molar-refractivity contribution in [1.29, 1.82) is 0 Å². The van der Waals surface area contributed by atoms with E-state index in [0.29, 0.717) is 11.4 Å². The van der Waals surface area contributed by atoms with Gasteiger partial charge in [-0.2, -0.15) is 0 Å². The number of anilines is 1. The van der Waals surface area contributed by atoms with E-state index in [-0.39, 0.29) is 5.56 Å². The predicted octanol–water partition coefficient (Wildman–Crippen LogP) is 2.78. The molecule has 1 atom stereocenters. The SMILES string of the molecule is COc1ccccc1NC(=O)[C@H](C)S(=O)(=O)Cc1ccccc1F. The number of nitrogens with one attached hydrogen (secondary N) is 1. The molecule has 24 heavy (non-hydrogen) atoms. The molecule has 0 aliphatic heterocycles. The zero-order valence-corrected chi connectivity index (χ0v) is 14.1. The van der Waals surface area contributed by atoms with Crippen molar-refractivity contribution < 1.29 is 22.3 Å². The van der Waals surface area contributed by atoms with Crippen LogP contribution in [0.5, 0.6) is 5.75 Å². The van der Waals surface area contributed by atoms with Crippen LogP contribution < -0.4 is 10.1 Å². The number of carbonyl (C=O) groups excluding carboxylic acids is 1. The molecule has 0 bridgehead atoms. The molecule has 0 fully saturated rings. The van der Waals surface area contributed by atoms with Crippen molar-refractivity contribution in [2.45, 2.75) is 17.9 Å². The van der Waals surface area contributed by atoms with E-state index in [1.807, 2.05) is 0 Å². The van der Waals surface area contributed by atoms with Crippen LogP contribution in [0.1, 0.15) is 12.5 Å². The Hall–Kier alpha value is -2.41. The highest BCUT2D eigenvalue weighted by molar-refractivity contribution is 7.92. The second-order valence-electron chi connectivity index (χ2n) is 5.23. The number of hydrogen-bond acceptors (Lipinski definition) is 4. The molecule has 0 heterocycles. The lowest BCUT2D eigenvalue weighted by Crippen LogP contribution is -2.33. The van der Waals surface area contributed by atoms with E-state index < -0.39 is 32.6 Å². The monoisotopic (exact) mass is 351 g/mol. The van der Waals surface area contributed by atoms with Gasteiger partial charge in [0.05, 0.1) is 18.6 Å². The molecule has 5 nitrogen and oxygen atoms in total. The highest BCUT2D eigenvalue weighted by atomic mass is 32.2. The molecule has 2 aromatic carbocycles. The molecule has 2 aromatic rings. The van der Waals surface area contributed by atoms with Gasteiger partial charge in [-0.05, 0) is 25.1 Å². The Kier molecular flexibility index (Phi) is 5.56. The Balaban J connectivity index is 2.16. The van der Waals surface area contributed by atoms with Gasteiger partial charge in [0, 0.05) is 5.56 Å². The summed E-state index contributed by atoms with van der Waals surface area (Å²) >= 11 is 0. The van der Waals surface area contributed by atoms with Crippen LogP contribution in [0.25, 0.3) is 0 Å². The molecule has 1 N–H and O–H groups in total. The number of amides is 1. The smallest absolute Gasteiger partial charge is 0.242 e. The first-order valence-corrected chi connectivity index (χ1v) is 8.95. The van der Waals surface area contributed by atoms with E-state index in [2.05, 4.69) is 5.32 Å².